The summed E-state index contributed by atoms with van der Waals surface area (Å²) >= 11 is 0. The van der Waals surface area contributed by atoms with Gasteiger partial charge in [0.1, 0.15) is 0 Å². The Morgan fingerprint density at radius 3 is 2.48 bits per heavy atom. The molecular weight excluding hydrogens is 362 g/mol. The lowest BCUT2D eigenvalue weighted by Gasteiger charge is -2.32. The molecule has 0 bridgehead atoms. The van der Waals surface area contributed by atoms with Gasteiger partial charge >= 0.3 is 0 Å². The molecule has 3 rings (SSSR count). The highest BCUT2D eigenvalue weighted by molar-refractivity contribution is 7.89. The molecule has 2 fully saturated rings. The highest BCUT2D eigenvalue weighted by Gasteiger charge is 2.24. The fourth-order valence-corrected chi connectivity index (χ4v) is 5.37. The van der Waals surface area contributed by atoms with E-state index in [-0.39, 0.29) is 22.9 Å². The van der Waals surface area contributed by atoms with Gasteiger partial charge in [-0.2, -0.15) is 0 Å². The summed E-state index contributed by atoms with van der Waals surface area (Å²) in [5.74, 6) is -0.193. The van der Waals surface area contributed by atoms with Crippen LogP contribution in [0.25, 0.3) is 0 Å². The van der Waals surface area contributed by atoms with Gasteiger partial charge in [-0.3, -0.25) is 4.79 Å². The second-order valence-electron chi connectivity index (χ2n) is 7.72. The number of carbonyl (C=O) groups excluding carboxylic acids is 1. The van der Waals surface area contributed by atoms with Gasteiger partial charge in [-0.05, 0) is 56.8 Å². The SMILES string of the molecule is CCCN1CCC(NC(=O)c2cccc(S(=O)(=O)NC3CCCC3)c2)CC1. The highest BCUT2D eigenvalue weighted by atomic mass is 32.2. The fourth-order valence-electron chi connectivity index (χ4n) is 4.02. The van der Waals surface area contributed by atoms with Crippen LogP contribution in [-0.2, 0) is 10.0 Å². The first kappa shape index (κ1) is 20.3. The molecule has 1 saturated heterocycles. The molecule has 1 aliphatic heterocycles. The van der Waals surface area contributed by atoms with Crippen LogP contribution in [0, 0.1) is 0 Å². The molecular formula is C20H31N3O3S. The van der Waals surface area contributed by atoms with Crippen LogP contribution in [0.3, 0.4) is 0 Å². The van der Waals surface area contributed by atoms with E-state index in [1.54, 1.807) is 18.2 Å². The van der Waals surface area contributed by atoms with Crippen molar-refractivity contribution in [3.05, 3.63) is 29.8 Å². The average molecular weight is 394 g/mol. The third-order valence-electron chi connectivity index (χ3n) is 5.55. The first-order valence-electron chi connectivity index (χ1n) is 10.1. The Morgan fingerprint density at radius 1 is 1.11 bits per heavy atom. The molecule has 1 amide bonds. The predicted molar refractivity (Wildman–Crippen MR) is 106 cm³/mol. The first-order valence-corrected chi connectivity index (χ1v) is 11.6. The van der Waals surface area contributed by atoms with Crippen molar-refractivity contribution < 1.29 is 13.2 Å². The molecule has 1 aromatic carbocycles. The van der Waals surface area contributed by atoms with Crippen LogP contribution in [0.15, 0.2) is 29.2 Å². The average Bonchev–Trinajstić information content (AvgIpc) is 3.16. The van der Waals surface area contributed by atoms with E-state index in [0.717, 1.165) is 64.6 Å². The smallest absolute Gasteiger partial charge is 0.251 e. The maximum absolute atomic E-state index is 12.6. The number of amides is 1. The van der Waals surface area contributed by atoms with Crippen molar-refractivity contribution in [3.63, 3.8) is 0 Å². The molecule has 6 nitrogen and oxygen atoms in total. The number of nitrogens with zero attached hydrogens (tertiary/aromatic N) is 1. The number of hydrogen-bond donors (Lipinski definition) is 2. The van der Waals surface area contributed by atoms with Crippen molar-refractivity contribution in [1.29, 1.82) is 0 Å². The normalized spacial score (nSPS) is 20.0. The van der Waals surface area contributed by atoms with Gasteiger partial charge in [0.25, 0.3) is 5.91 Å². The van der Waals surface area contributed by atoms with Crippen LogP contribution in [0.2, 0.25) is 0 Å². The van der Waals surface area contributed by atoms with E-state index >= 15 is 0 Å². The molecule has 0 aromatic heterocycles. The molecule has 2 N–H and O–H groups in total. The maximum atomic E-state index is 12.6. The van der Waals surface area contributed by atoms with Crippen LogP contribution in [0.1, 0.15) is 62.2 Å². The van der Waals surface area contributed by atoms with Gasteiger partial charge in [-0.1, -0.05) is 25.8 Å². The zero-order chi connectivity index (χ0) is 19.3. The summed E-state index contributed by atoms with van der Waals surface area (Å²) in [5, 5.41) is 3.07. The number of carbonyl (C=O) groups is 1. The lowest BCUT2D eigenvalue weighted by atomic mass is 10.0. The van der Waals surface area contributed by atoms with Crippen LogP contribution in [0.4, 0.5) is 0 Å². The van der Waals surface area contributed by atoms with Crippen molar-refractivity contribution in [3.8, 4) is 0 Å². The Kier molecular flexibility index (Phi) is 6.89. The third-order valence-corrected chi connectivity index (χ3v) is 7.06. The summed E-state index contributed by atoms with van der Waals surface area (Å²) in [6.45, 7) is 5.28. The summed E-state index contributed by atoms with van der Waals surface area (Å²) in [6, 6.07) is 6.53. The lowest BCUT2D eigenvalue weighted by molar-refractivity contribution is 0.0911. The van der Waals surface area contributed by atoms with Gasteiger partial charge in [0.05, 0.1) is 4.90 Å². The standard InChI is InChI=1S/C20H31N3O3S/c1-2-12-23-13-10-17(11-14-23)21-20(24)16-6-5-9-19(15-16)27(25,26)22-18-7-3-4-8-18/h5-6,9,15,17-18,22H,2-4,7-8,10-14H2,1H3,(H,21,24). The maximum Gasteiger partial charge on any atom is 0.251 e. The van der Waals surface area contributed by atoms with Gasteiger partial charge in [0, 0.05) is 30.7 Å². The van der Waals surface area contributed by atoms with E-state index in [4.69, 9.17) is 0 Å². The van der Waals surface area contributed by atoms with E-state index in [1.165, 1.54) is 6.07 Å². The summed E-state index contributed by atoms with van der Waals surface area (Å²) in [5.41, 5.74) is 0.403. The van der Waals surface area contributed by atoms with Crippen LogP contribution < -0.4 is 10.0 Å². The van der Waals surface area contributed by atoms with Crippen LogP contribution in [-0.4, -0.2) is 50.9 Å². The number of nitrogens with one attached hydrogen (secondary N) is 2. The van der Waals surface area contributed by atoms with E-state index in [9.17, 15) is 13.2 Å². The molecule has 0 unspecified atom stereocenters. The fraction of sp³-hybridized carbons (Fsp3) is 0.650. The summed E-state index contributed by atoms with van der Waals surface area (Å²) in [4.78, 5) is 15.2. The predicted octanol–water partition coefficient (Wildman–Crippen LogP) is 2.51. The number of likely N-dealkylation sites (tertiary alicyclic amines) is 1. The van der Waals surface area contributed by atoms with Gasteiger partial charge in [0.2, 0.25) is 10.0 Å². The van der Waals surface area contributed by atoms with Crippen LogP contribution >= 0.6 is 0 Å². The molecule has 2 aliphatic rings. The summed E-state index contributed by atoms with van der Waals surface area (Å²) in [6.07, 6.45) is 6.92. The summed E-state index contributed by atoms with van der Waals surface area (Å²) < 4.78 is 28.0. The minimum Gasteiger partial charge on any atom is -0.349 e. The molecule has 7 heteroatoms. The molecule has 150 valence electrons. The molecule has 1 heterocycles. The van der Waals surface area contributed by atoms with E-state index in [0.29, 0.717) is 5.56 Å². The minimum atomic E-state index is -3.58. The second-order valence-corrected chi connectivity index (χ2v) is 9.43. The first-order chi connectivity index (χ1) is 13.0. The molecule has 1 aliphatic carbocycles. The van der Waals surface area contributed by atoms with Gasteiger partial charge in [0.15, 0.2) is 0 Å². The Hall–Kier alpha value is -1.44. The third kappa shape index (κ3) is 5.53. The molecule has 27 heavy (non-hydrogen) atoms. The van der Waals surface area contributed by atoms with E-state index in [1.807, 2.05) is 0 Å². The zero-order valence-electron chi connectivity index (χ0n) is 16.1. The van der Waals surface area contributed by atoms with Crippen molar-refractivity contribution in [1.82, 2.24) is 14.9 Å². The van der Waals surface area contributed by atoms with Gasteiger partial charge < -0.3 is 10.2 Å². The van der Waals surface area contributed by atoms with Gasteiger partial charge in [-0.15, -0.1) is 0 Å². The van der Waals surface area contributed by atoms with E-state index in [2.05, 4.69) is 21.9 Å². The monoisotopic (exact) mass is 393 g/mol. The molecule has 1 aromatic rings. The molecule has 0 atom stereocenters. The van der Waals surface area contributed by atoms with Crippen molar-refractivity contribution in [2.24, 2.45) is 0 Å². The Labute approximate surface area is 162 Å². The topological polar surface area (TPSA) is 78.5 Å². The largest absolute Gasteiger partial charge is 0.349 e. The zero-order valence-corrected chi connectivity index (χ0v) is 16.9. The lowest BCUT2D eigenvalue weighted by Crippen LogP contribution is -2.44. The van der Waals surface area contributed by atoms with Crippen molar-refractivity contribution >= 4 is 15.9 Å². The molecule has 1 saturated carbocycles. The second kappa shape index (κ2) is 9.17. The number of sulfonamides is 1. The Bertz CT molecular complexity index is 737. The number of piperidine rings is 1. The Balaban J connectivity index is 1.60. The number of benzene rings is 1. The Morgan fingerprint density at radius 2 is 1.81 bits per heavy atom. The minimum absolute atomic E-state index is 0.0146. The van der Waals surface area contributed by atoms with Crippen molar-refractivity contribution in [2.45, 2.75) is 68.8 Å². The summed E-state index contributed by atoms with van der Waals surface area (Å²) in [7, 11) is -3.58. The van der Waals surface area contributed by atoms with Crippen LogP contribution in [0.5, 0.6) is 0 Å². The molecule has 0 spiro atoms. The van der Waals surface area contributed by atoms with E-state index < -0.39 is 10.0 Å². The number of hydrogen-bond acceptors (Lipinski definition) is 4. The quantitative estimate of drug-likeness (QED) is 0.746. The number of rotatable bonds is 7. The highest BCUT2D eigenvalue weighted by Crippen LogP contribution is 2.21. The molecule has 0 radical (unpaired) electrons. The van der Waals surface area contributed by atoms with Crippen molar-refractivity contribution in [2.75, 3.05) is 19.6 Å². The van der Waals surface area contributed by atoms with Gasteiger partial charge in [-0.25, -0.2) is 13.1 Å².